The Labute approximate surface area is 98.5 Å². The lowest BCUT2D eigenvalue weighted by Crippen LogP contribution is -2.46. The Bertz CT molecular complexity index is 381. The van der Waals surface area contributed by atoms with E-state index in [1.54, 1.807) is 0 Å². The highest BCUT2D eigenvalue weighted by atomic mass is 16.3. The Kier molecular flexibility index (Phi) is 2.62. The van der Waals surface area contributed by atoms with Crippen LogP contribution in [-0.4, -0.2) is 5.11 Å². The topological polar surface area (TPSA) is 20.2 Å². The zero-order chi connectivity index (χ0) is 12.0. The predicted molar refractivity (Wildman–Crippen MR) is 67.3 cm³/mol. The predicted octanol–water partition coefficient (Wildman–Crippen LogP) is 3.64. The van der Waals surface area contributed by atoms with Gasteiger partial charge in [0, 0.05) is 0 Å². The third kappa shape index (κ3) is 2.01. The van der Waals surface area contributed by atoms with Gasteiger partial charge in [0.1, 0.15) is 0 Å². The van der Waals surface area contributed by atoms with Gasteiger partial charge in [0.2, 0.25) is 0 Å². The van der Waals surface area contributed by atoms with Crippen molar-refractivity contribution in [3.63, 3.8) is 0 Å². The largest absolute Gasteiger partial charge is 0.385 e. The molecule has 16 heavy (non-hydrogen) atoms. The van der Waals surface area contributed by atoms with Crippen LogP contribution in [0, 0.1) is 18.3 Å². The Balaban J connectivity index is 2.14. The van der Waals surface area contributed by atoms with E-state index in [1.165, 1.54) is 5.56 Å². The lowest BCUT2D eigenvalue weighted by Gasteiger charge is -2.50. The van der Waals surface area contributed by atoms with Crippen LogP contribution in [0.15, 0.2) is 24.3 Å². The van der Waals surface area contributed by atoms with Crippen molar-refractivity contribution in [2.24, 2.45) is 11.3 Å². The second kappa shape index (κ2) is 3.59. The molecule has 2 rings (SSSR count). The van der Waals surface area contributed by atoms with Crippen molar-refractivity contribution in [1.29, 1.82) is 0 Å². The van der Waals surface area contributed by atoms with Gasteiger partial charge in [-0.05, 0) is 36.7 Å². The third-order valence-corrected chi connectivity index (χ3v) is 3.95. The molecule has 1 aliphatic rings. The van der Waals surface area contributed by atoms with Crippen molar-refractivity contribution < 1.29 is 5.11 Å². The molecule has 1 heteroatoms. The molecule has 1 aromatic rings. The molecule has 88 valence electrons. The smallest absolute Gasteiger partial charge is 0.0902 e. The van der Waals surface area contributed by atoms with E-state index in [4.69, 9.17) is 0 Å². The number of hydrogen-bond donors (Lipinski definition) is 1. The van der Waals surface area contributed by atoms with Crippen LogP contribution in [0.25, 0.3) is 0 Å². The van der Waals surface area contributed by atoms with Crippen LogP contribution in [0.1, 0.15) is 44.7 Å². The molecule has 0 spiro atoms. The summed E-state index contributed by atoms with van der Waals surface area (Å²) >= 11 is 0. The molecule has 0 amide bonds. The van der Waals surface area contributed by atoms with Gasteiger partial charge in [0.15, 0.2) is 0 Å². The minimum atomic E-state index is -0.566. The molecule has 0 radical (unpaired) electrons. The van der Waals surface area contributed by atoms with Crippen LogP contribution >= 0.6 is 0 Å². The first-order valence-electron chi connectivity index (χ1n) is 6.11. The van der Waals surface area contributed by atoms with Crippen molar-refractivity contribution in [2.75, 3.05) is 0 Å². The molecule has 1 aromatic carbocycles. The molecular formula is C15H22O. The normalized spacial score (nSPS) is 29.9. The van der Waals surface area contributed by atoms with Crippen molar-refractivity contribution >= 4 is 0 Å². The molecular weight excluding hydrogens is 196 g/mol. The summed E-state index contributed by atoms with van der Waals surface area (Å²) in [5, 5.41) is 10.5. The molecule has 0 atom stereocenters. The number of rotatable bonds is 1. The van der Waals surface area contributed by atoms with Gasteiger partial charge in [-0.25, -0.2) is 0 Å². The van der Waals surface area contributed by atoms with Gasteiger partial charge in [-0.3, -0.25) is 0 Å². The van der Waals surface area contributed by atoms with Gasteiger partial charge in [-0.1, -0.05) is 50.6 Å². The van der Waals surface area contributed by atoms with Crippen molar-refractivity contribution in [3.05, 3.63) is 35.4 Å². The molecule has 0 unspecified atom stereocenters. The Morgan fingerprint density at radius 2 is 1.88 bits per heavy atom. The number of aryl methyl sites for hydroxylation is 1. The lowest BCUT2D eigenvalue weighted by molar-refractivity contribution is -0.112. The van der Waals surface area contributed by atoms with E-state index in [2.05, 4.69) is 39.8 Å². The highest BCUT2D eigenvalue weighted by Gasteiger charge is 2.48. The summed E-state index contributed by atoms with van der Waals surface area (Å²) in [5.74, 6) is 0.637. The van der Waals surface area contributed by atoms with Crippen LogP contribution in [0.4, 0.5) is 0 Å². The van der Waals surface area contributed by atoms with Crippen molar-refractivity contribution in [1.82, 2.24) is 0 Å². The first kappa shape index (κ1) is 11.7. The molecule has 1 N–H and O–H groups in total. The van der Waals surface area contributed by atoms with Gasteiger partial charge in [0.25, 0.3) is 0 Å². The quantitative estimate of drug-likeness (QED) is 0.763. The number of hydrogen-bond acceptors (Lipinski definition) is 1. The molecule has 0 bridgehead atoms. The maximum atomic E-state index is 10.5. The number of aliphatic hydroxyl groups is 1. The van der Waals surface area contributed by atoms with Crippen LogP contribution in [0.3, 0.4) is 0 Å². The van der Waals surface area contributed by atoms with E-state index in [1.807, 2.05) is 12.1 Å². The van der Waals surface area contributed by atoms with Gasteiger partial charge in [-0.2, -0.15) is 0 Å². The van der Waals surface area contributed by atoms with Gasteiger partial charge in [-0.15, -0.1) is 0 Å². The molecule has 1 fully saturated rings. The summed E-state index contributed by atoms with van der Waals surface area (Å²) < 4.78 is 0. The maximum absolute atomic E-state index is 10.5. The van der Waals surface area contributed by atoms with E-state index in [-0.39, 0.29) is 0 Å². The van der Waals surface area contributed by atoms with Crippen LogP contribution in [0.2, 0.25) is 0 Å². The molecule has 0 saturated heterocycles. The summed E-state index contributed by atoms with van der Waals surface area (Å²) in [7, 11) is 0. The fraction of sp³-hybridized carbons (Fsp3) is 0.600. The van der Waals surface area contributed by atoms with E-state index >= 15 is 0 Å². The average Bonchev–Trinajstić information content (AvgIpc) is 2.11. The molecule has 1 aliphatic carbocycles. The fourth-order valence-electron chi connectivity index (χ4n) is 2.54. The zero-order valence-corrected chi connectivity index (χ0v) is 10.7. The first-order valence-corrected chi connectivity index (χ1v) is 6.11. The summed E-state index contributed by atoms with van der Waals surface area (Å²) in [6.45, 7) is 8.85. The summed E-state index contributed by atoms with van der Waals surface area (Å²) in [5.41, 5.74) is 2.07. The second-order valence-electron chi connectivity index (χ2n) is 6.37. The summed E-state index contributed by atoms with van der Waals surface area (Å²) in [6, 6.07) is 8.27. The minimum absolute atomic E-state index is 0.316. The minimum Gasteiger partial charge on any atom is -0.385 e. The van der Waals surface area contributed by atoms with E-state index < -0.39 is 5.60 Å². The van der Waals surface area contributed by atoms with Crippen LogP contribution in [-0.2, 0) is 5.60 Å². The average molecular weight is 218 g/mol. The highest BCUT2D eigenvalue weighted by molar-refractivity contribution is 5.29. The second-order valence-corrected chi connectivity index (χ2v) is 6.37. The Morgan fingerprint density at radius 3 is 2.38 bits per heavy atom. The standard InChI is InChI=1S/C15H22O/c1-11-6-5-7-12(8-11)15(16)9-13(10-15)14(2,3)4/h5-8,13,16H,9-10H2,1-4H3. The SMILES string of the molecule is Cc1cccc(C2(O)CC(C(C)(C)C)C2)c1. The van der Waals surface area contributed by atoms with Gasteiger partial charge < -0.3 is 5.11 Å². The van der Waals surface area contributed by atoms with Gasteiger partial charge in [0.05, 0.1) is 5.60 Å². The van der Waals surface area contributed by atoms with E-state index in [0.29, 0.717) is 11.3 Å². The summed E-state index contributed by atoms with van der Waals surface area (Å²) in [6.07, 6.45) is 1.81. The van der Waals surface area contributed by atoms with Crippen molar-refractivity contribution in [2.45, 2.75) is 46.1 Å². The van der Waals surface area contributed by atoms with Crippen molar-refractivity contribution in [3.8, 4) is 0 Å². The molecule has 0 aromatic heterocycles. The fourth-order valence-corrected chi connectivity index (χ4v) is 2.54. The van der Waals surface area contributed by atoms with E-state index in [9.17, 15) is 5.11 Å². The Morgan fingerprint density at radius 1 is 1.25 bits per heavy atom. The highest BCUT2D eigenvalue weighted by Crippen LogP contribution is 2.52. The monoisotopic (exact) mass is 218 g/mol. The molecule has 1 nitrogen and oxygen atoms in total. The zero-order valence-electron chi connectivity index (χ0n) is 10.7. The molecule has 0 heterocycles. The van der Waals surface area contributed by atoms with Gasteiger partial charge >= 0.3 is 0 Å². The maximum Gasteiger partial charge on any atom is 0.0902 e. The van der Waals surface area contributed by atoms with E-state index in [0.717, 1.165) is 18.4 Å². The molecule has 0 aliphatic heterocycles. The van der Waals surface area contributed by atoms with Crippen LogP contribution in [0.5, 0.6) is 0 Å². The Hall–Kier alpha value is -0.820. The molecule has 1 saturated carbocycles. The van der Waals surface area contributed by atoms with Crippen LogP contribution < -0.4 is 0 Å². The third-order valence-electron chi connectivity index (χ3n) is 3.95. The number of benzene rings is 1. The first-order chi connectivity index (χ1) is 7.31. The lowest BCUT2D eigenvalue weighted by atomic mass is 9.58. The summed E-state index contributed by atoms with van der Waals surface area (Å²) in [4.78, 5) is 0.